The smallest absolute Gasteiger partial charge is 0.269 e. The van der Waals surface area contributed by atoms with Crippen molar-refractivity contribution in [1.29, 1.82) is 0 Å². The quantitative estimate of drug-likeness (QED) is 0.679. The summed E-state index contributed by atoms with van der Waals surface area (Å²) < 4.78 is 0. The van der Waals surface area contributed by atoms with E-state index >= 15 is 0 Å². The molecule has 6 heteroatoms. The second-order valence-electron chi connectivity index (χ2n) is 3.86. The molecule has 0 fully saturated rings. The average Bonchev–Trinajstić information content (AvgIpc) is 2.36. The molecular formula is C12H17N3O2S. The summed E-state index contributed by atoms with van der Waals surface area (Å²) in [7, 11) is 0. The van der Waals surface area contributed by atoms with E-state index in [0.29, 0.717) is 11.3 Å². The number of nitrogens with two attached hydrogens (primary N) is 1. The van der Waals surface area contributed by atoms with Crippen LogP contribution in [0.5, 0.6) is 0 Å². The molecule has 1 atom stereocenters. The number of thioether (sulfide) groups is 1. The number of carbonyl (C=O) groups is 2. The first-order chi connectivity index (χ1) is 8.59. The number of hydrogen-bond donors (Lipinski definition) is 3. The molecule has 0 radical (unpaired) electrons. The molecule has 0 aliphatic heterocycles. The van der Waals surface area contributed by atoms with Crippen molar-refractivity contribution in [3.8, 4) is 0 Å². The summed E-state index contributed by atoms with van der Waals surface area (Å²) in [5.41, 5.74) is 10.8. The van der Waals surface area contributed by atoms with Crippen LogP contribution in [0, 0.1) is 0 Å². The fourth-order valence-electron chi connectivity index (χ4n) is 1.16. The second kappa shape index (κ2) is 7.73. The summed E-state index contributed by atoms with van der Waals surface area (Å²) in [4.78, 5) is 23.0. The number of hydrazine groups is 1. The van der Waals surface area contributed by atoms with Crippen molar-refractivity contribution in [1.82, 2.24) is 10.9 Å². The Kier molecular flexibility index (Phi) is 6.24. The van der Waals surface area contributed by atoms with Crippen LogP contribution in [0.15, 0.2) is 30.3 Å². The summed E-state index contributed by atoms with van der Waals surface area (Å²) in [5, 5.41) is 0. The van der Waals surface area contributed by atoms with Gasteiger partial charge in [-0.05, 0) is 19.1 Å². The SMILES string of the molecule is CC(N)CSCC(=O)NNC(=O)c1ccccc1. The van der Waals surface area contributed by atoms with Crippen molar-refractivity contribution in [2.24, 2.45) is 5.73 Å². The minimum absolute atomic E-state index is 0.0571. The van der Waals surface area contributed by atoms with E-state index < -0.39 is 0 Å². The summed E-state index contributed by atoms with van der Waals surface area (Å²) in [6.45, 7) is 1.88. The van der Waals surface area contributed by atoms with Gasteiger partial charge in [0, 0.05) is 17.4 Å². The van der Waals surface area contributed by atoms with Crippen LogP contribution < -0.4 is 16.6 Å². The van der Waals surface area contributed by atoms with Crippen LogP contribution in [0.25, 0.3) is 0 Å². The van der Waals surface area contributed by atoms with Crippen molar-refractivity contribution in [2.45, 2.75) is 13.0 Å². The Morgan fingerprint density at radius 1 is 1.28 bits per heavy atom. The third kappa shape index (κ3) is 5.70. The molecule has 0 spiro atoms. The molecule has 1 rings (SSSR count). The van der Waals surface area contributed by atoms with Gasteiger partial charge in [0.2, 0.25) is 5.91 Å². The summed E-state index contributed by atoms with van der Waals surface area (Å²) >= 11 is 1.43. The Hall–Kier alpha value is -1.53. The molecule has 1 aromatic carbocycles. The van der Waals surface area contributed by atoms with Gasteiger partial charge in [0.1, 0.15) is 0 Å². The van der Waals surface area contributed by atoms with Gasteiger partial charge < -0.3 is 5.73 Å². The first kappa shape index (κ1) is 14.5. The van der Waals surface area contributed by atoms with Gasteiger partial charge >= 0.3 is 0 Å². The molecule has 4 N–H and O–H groups in total. The summed E-state index contributed by atoms with van der Waals surface area (Å²) in [6.07, 6.45) is 0. The Morgan fingerprint density at radius 3 is 2.56 bits per heavy atom. The van der Waals surface area contributed by atoms with E-state index in [1.807, 2.05) is 13.0 Å². The van der Waals surface area contributed by atoms with Gasteiger partial charge in [-0.25, -0.2) is 0 Å². The number of carbonyl (C=O) groups excluding carboxylic acids is 2. The van der Waals surface area contributed by atoms with E-state index in [9.17, 15) is 9.59 Å². The molecule has 0 bridgehead atoms. The molecule has 1 aromatic rings. The van der Waals surface area contributed by atoms with Crippen molar-refractivity contribution in [3.63, 3.8) is 0 Å². The lowest BCUT2D eigenvalue weighted by molar-refractivity contribution is -0.119. The van der Waals surface area contributed by atoms with Crippen LogP contribution in [0.4, 0.5) is 0 Å². The fourth-order valence-corrected chi connectivity index (χ4v) is 1.91. The highest BCUT2D eigenvalue weighted by Gasteiger charge is 2.06. The number of nitrogens with one attached hydrogen (secondary N) is 2. The molecule has 0 aliphatic carbocycles. The Labute approximate surface area is 110 Å². The van der Waals surface area contributed by atoms with Crippen molar-refractivity contribution >= 4 is 23.6 Å². The molecule has 2 amide bonds. The first-order valence-electron chi connectivity index (χ1n) is 5.57. The third-order valence-corrected chi connectivity index (χ3v) is 3.19. The van der Waals surface area contributed by atoms with Crippen LogP contribution in [0.3, 0.4) is 0 Å². The van der Waals surface area contributed by atoms with Gasteiger partial charge in [0.05, 0.1) is 5.75 Å². The van der Waals surface area contributed by atoms with E-state index in [2.05, 4.69) is 10.9 Å². The molecule has 0 aliphatic rings. The van der Waals surface area contributed by atoms with E-state index in [1.165, 1.54) is 11.8 Å². The third-order valence-electron chi connectivity index (χ3n) is 1.97. The number of hydrogen-bond acceptors (Lipinski definition) is 4. The molecule has 18 heavy (non-hydrogen) atoms. The lowest BCUT2D eigenvalue weighted by Gasteiger charge is -2.08. The van der Waals surface area contributed by atoms with Gasteiger partial charge in [-0.3, -0.25) is 20.4 Å². The highest BCUT2D eigenvalue weighted by Crippen LogP contribution is 2.00. The maximum absolute atomic E-state index is 11.6. The van der Waals surface area contributed by atoms with Gasteiger partial charge in [0.25, 0.3) is 5.91 Å². The molecule has 0 aromatic heterocycles. The highest BCUT2D eigenvalue weighted by atomic mass is 32.2. The number of rotatable bonds is 5. The minimum Gasteiger partial charge on any atom is -0.327 e. The predicted octanol–water partition coefficient (Wildman–Crippen LogP) is 0.528. The largest absolute Gasteiger partial charge is 0.327 e. The Balaban J connectivity index is 2.24. The summed E-state index contributed by atoms with van der Waals surface area (Å²) in [5.74, 6) is 0.405. The van der Waals surface area contributed by atoms with Gasteiger partial charge in [0.15, 0.2) is 0 Å². The van der Waals surface area contributed by atoms with E-state index in [0.717, 1.165) is 0 Å². The van der Waals surface area contributed by atoms with Crippen LogP contribution in [-0.4, -0.2) is 29.4 Å². The predicted molar refractivity (Wildman–Crippen MR) is 73.0 cm³/mol. The number of amides is 2. The van der Waals surface area contributed by atoms with Crippen LogP contribution >= 0.6 is 11.8 Å². The van der Waals surface area contributed by atoms with Gasteiger partial charge in [-0.2, -0.15) is 11.8 Å². The molecule has 98 valence electrons. The monoisotopic (exact) mass is 267 g/mol. The first-order valence-corrected chi connectivity index (χ1v) is 6.72. The second-order valence-corrected chi connectivity index (χ2v) is 4.89. The lowest BCUT2D eigenvalue weighted by Crippen LogP contribution is -2.42. The Bertz CT molecular complexity index is 396. The number of benzene rings is 1. The van der Waals surface area contributed by atoms with Crippen molar-refractivity contribution in [3.05, 3.63) is 35.9 Å². The van der Waals surface area contributed by atoms with E-state index in [4.69, 9.17) is 5.73 Å². The zero-order valence-corrected chi connectivity index (χ0v) is 11.0. The zero-order valence-electron chi connectivity index (χ0n) is 10.2. The average molecular weight is 267 g/mol. The standard InChI is InChI=1S/C12H17N3O2S/c1-9(13)7-18-8-11(16)14-15-12(17)10-5-3-2-4-6-10/h2-6,9H,7-8,13H2,1H3,(H,14,16)(H,15,17). The molecule has 1 unspecified atom stereocenters. The maximum atomic E-state index is 11.6. The van der Waals surface area contributed by atoms with Crippen LogP contribution in [0.1, 0.15) is 17.3 Å². The zero-order chi connectivity index (χ0) is 13.4. The highest BCUT2D eigenvalue weighted by molar-refractivity contribution is 7.99. The fraction of sp³-hybridized carbons (Fsp3) is 0.333. The summed E-state index contributed by atoms with van der Waals surface area (Å²) in [6, 6.07) is 8.74. The van der Waals surface area contributed by atoms with Crippen LogP contribution in [0.2, 0.25) is 0 Å². The topological polar surface area (TPSA) is 84.2 Å². The van der Waals surface area contributed by atoms with Crippen molar-refractivity contribution in [2.75, 3.05) is 11.5 Å². The molecule has 0 saturated heterocycles. The molecule has 5 nitrogen and oxygen atoms in total. The van der Waals surface area contributed by atoms with Gasteiger partial charge in [-0.15, -0.1) is 0 Å². The normalized spacial score (nSPS) is 11.7. The van der Waals surface area contributed by atoms with Gasteiger partial charge in [-0.1, -0.05) is 18.2 Å². The van der Waals surface area contributed by atoms with E-state index in [1.54, 1.807) is 24.3 Å². The Morgan fingerprint density at radius 2 is 1.94 bits per heavy atom. The molecule has 0 heterocycles. The van der Waals surface area contributed by atoms with Crippen LogP contribution in [-0.2, 0) is 4.79 Å². The van der Waals surface area contributed by atoms with E-state index in [-0.39, 0.29) is 23.6 Å². The maximum Gasteiger partial charge on any atom is 0.269 e. The van der Waals surface area contributed by atoms with Crippen molar-refractivity contribution < 1.29 is 9.59 Å². The minimum atomic E-state index is -0.332. The lowest BCUT2D eigenvalue weighted by atomic mass is 10.2. The molecular weight excluding hydrogens is 250 g/mol. The molecule has 0 saturated carbocycles.